The zero-order chi connectivity index (χ0) is 22.2. The van der Waals surface area contributed by atoms with Crippen molar-refractivity contribution in [3.8, 4) is 0 Å². The van der Waals surface area contributed by atoms with E-state index in [1.807, 2.05) is 29.2 Å². The Morgan fingerprint density at radius 3 is 2.16 bits per heavy atom. The van der Waals surface area contributed by atoms with Gasteiger partial charge in [-0.15, -0.1) is 0 Å². The number of para-hydroxylation sites is 1. The maximum absolute atomic E-state index is 13.6. The van der Waals surface area contributed by atoms with Crippen LogP contribution in [0.1, 0.15) is 23.1 Å². The van der Waals surface area contributed by atoms with Crippen molar-refractivity contribution in [1.82, 2.24) is 4.90 Å². The number of carbonyl (C=O) groups excluding carboxylic acids is 2. The molecule has 0 saturated carbocycles. The van der Waals surface area contributed by atoms with Gasteiger partial charge in [-0.2, -0.15) is 0 Å². The monoisotopic (exact) mass is 430 g/mol. The summed E-state index contributed by atoms with van der Waals surface area (Å²) in [7, 11) is 0. The summed E-state index contributed by atoms with van der Waals surface area (Å²) in [4.78, 5) is 30.2. The van der Waals surface area contributed by atoms with Crippen LogP contribution in [0, 0.1) is 11.6 Å². The predicted molar refractivity (Wildman–Crippen MR) is 117 cm³/mol. The lowest BCUT2D eigenvalue weighted by molar-refractivity contribution is -0.137. The number of aryl methyl sites for hydroxylation is 1. The lowest BCUT2D eigenvalue weighted by Crippen LogP contribution is -2.36. The summed E-state index contributed by atoms with van der Waals surface area (Å²) in [6.07, 6.45) is 1.74. The first-order chi connectivity index (χ1) is 15.5. The van der Waals surface area contributed by atoms with Crippen LogP contribution in [0.25, 0.3) is 5.57 Å². The Morgan fingerprint density at radius 1 is 0.781 bits per heavy atom. The van der Waals surface area contributed by atoms with Gasteiger partial charge in [0.2, 0.25) is 0 Å². The molecular weight excluding hydrogens is 410 g/mol. The van der Waals surface area contributed by atoms with E-state index < -0.39 is 17.6 Å². The number of anilines is 1. The zero-order valence-corrected chi connectivity index (χ0v) is 17.2. The Kier molecular flexibility index (Phi) is 5.05. The van der Waals surface area contributed by atoms with Gasteiger partial charge in [-0.3, -0.25) is 14.5 Å². The Hall–Kier alpha value is -3.80. The third kappa shape index (κ3) is 3.47. The highest BCUT2D eigenvalue weighted by molar-refractivity contribution is 6.36. The van der Waals surface area contributed by atoms with Gasteiger partial charge in [-0.05, 0) is 59.9 Å². The van der Waals surface area contributed by atoms with E-state index in [1.165, 1.54) is 41.3 Å². The molecule has 2 amide bonds. The fourth-order valence-corrected chi connectivity index (χ4v) is 4.37. The Morgan fingerprint density at radius 2 is 1.44 bits per heavy atom. The predicted octanol–water partition coefficient (Wildman–Crippen LogP) is 4.70. The standard InChI is InChI=1S/C26H20F2N2O2/c27-20-11-7-17(8-12-20)16-30-25(31)23(19-9-13-21(28)14-10-19)24(26(30)32)29-15-3-5-18-4-1-2-6-22(18)29/h1-2,4,6-14H,3,5,15-16H2. The number of amides is 2. The number of nitrogens with zero attached hydrogens (tertiary/aromatic N) is 2. The number of halogens is 2. The van der Waals surface area contributed by atoms with Crippen LogP contribution in [-0.4, -0.2) is 23.3 Å². The molecule has 0 atom stereocenters. The van der Waals surface area contributed by atoms with Crippen LogP contribution in [-0.2, 0) is 22.6 Å². The quantitative estimate of drug-likeness (QED) is 0.564. The molecule has 5 rings (SSSR count). The average molecular weight is 430 g/mol. The van der Waals surface area contributed by atoms with Gasteiger partial charge in [0.1, 0.15) is 17.3 Å². The van der Waals surface area contributed by atoms with Gasteiger partial charge >= 0.3 is 0 Å². The minimum absolute atomic E-state index is 0.0294. The summed E-state index contributed by atoms with van der Waals surface area (Å²) >= 11 is 0. The minimum Gasteiger partial charge on any atom is -0.336 e. The number of fused-ring (bicyclic) bond motifs is 1. The molecule has 0 aliphatic carbocycles. The summed E-state index contributed by atoms with van der Waals surface area (Å²) in [6.45, 7) is 0.627. The van der Waals surface area contributed by atoms with E-state index >= 15 is 0 Å². The van der Waals surface area contributed by atoms with Crippen LogP contribution in [0.15, 0.2) is 78.5 Å². The molecule has 32 heavy (non-hydrogen) atoms. The molecule has 0 unspecified atom stereocenters. The number of hydrogen-bond acceptors (Lipinski definition) is 3. The summed E-state index contributed by atoms with van der Waals surface area (Å²) in [5, 5.41) is 0. The van der Waals surface area contributed by atoms with Crippen LogP contribution in [0.2, 0.25) is 0 Å². The molecule has 0 bridgehead atoms. The largest absolute Gasteiger partial charge is 0.336 e. The van der Waals surface area contributed by atoms with E-state index in [0.717, 1.165) is 24.1 Å². The summed E-state index contributed by atoms with van der Waals surface area (Å²) in [5.74, 6) is -1.65. The van der Waals surface area contributed by atoms with Crippen molar-refractivity contribution in [1.29, 1.82) is 0 Å². The number of imide groups is 1. The number of rotatable bonds is 4. The molecule has 3 aromatic carbocycles. The van der Waals surface area contributed by atoms with Crippen LogP contribution in [0.3, 0.4) is 0 Å². The third-order valence-electron chi connectivity index (χ3n) is 5.91. The molecule has 6 heteroatoms. The molecule has 160 valence electrons. The minimum atomic E-state index is -0.441. The Balaban J connectivity index is 1.61. The molecular formula is C26H20F2N2O2. The maximum atomic E-state index is 13.6. The van der Waals surface area contributed by atoms with Crippen LogP contribution in [0.5, 0.6) is 0 Å². The smallest absolute Gasteiger partial charge is 0.278 e. The first kappa shape index (κ1) is 20.1. The van der Waals surface area contributed by atoms with Gasteiger partial charge in [0.15, 0.2) is 0 Å². The average Bonchev–Trinajstić information content (AvgIpc) is 3.05. The molecule has 0 aromatic heterocycles. The highest BCUT2D eigenvalue weighted by Crippen LogP contribution is 2.38. The van der Waals surface area contributed by atoms with E-state index in [2.05, 4.69) is 0 Å². The topological polar surface area (TPSA) is 40.6 Å². The van der Waals surface area contributed by atoms with Gasteiger partial charge in [-0.1, -0.05) is 42.5 Å². The molecule has 2 aliphatic rings. The summed E-state index contributed by atoms with van der Waals surface area (Å²) in [5.41, 5.74) is 3.71. The Bertz CT molecular complexity index is 1230. The molecule has 0 fully saturated rings. The second kappa shape index (κ2) is 8.04. The number of carbonyl (C=O) groups is 2. The molecule has 4 nitrogen and oxygen atoms in total. The van der Waals surface area contributed by atoms with E-state index in [9.17, 15) is 18.4 Å². The molecule has 2 aliphatic heterocycles. The van der Waals surface area contributed by atoms with Crippen LogP contribution < -0.4 is 4.90 Å². The summed E-state index contributed by atoms with van der Waals surface area (Å²) in [6, 6.07) is 19.2. The maximum Gasteiger partial charge on any atom is 0.278 e. The fraction of sp³-hybridized carbons (Fsp3) is 0.154. The lowest BCUT2D eigenvalue weighted by atomic mass is 9.98. The fourth-order valence-electron chi connectivity index (χ4n) is 4.37. The normalized spacial score (nSPS) is 16.1. The van der Waals surface area contributed by atoms with Crippen molar-refractivity contribution >= 4 is 23.1 Å². The van der Waals surface area contributed by atoms with Gasteiger partial charge in [0.05, 0.1) is 12.1 Å². The SMILES string of the molecule is O=C1C(c2ccc(F)cc2)=C(N2CCCc3ccccc32)C(=O)N1Cc1ccc(F)cc1. The molecule has 0 saturated heterocycles. The third-order valence-corrected chi connectivity index (χ3v) is 5.91. The number of hydrogen-bond donors (Lipinski definition) is 0. The Labute approximate surface area is 184 Å². The van der Waals surface area contributed by atoms with Crippen LogP contribution in [0.4, 0.5) is 14.5 Å². The first-order valence-electron chi connectivity index (χ1n) is 10.5. The van der Waals surface area contributed by atoms with Crippen molar-refractivity contribution < 1.29 is 18.4 Å². The highest BCUT2D eigenvalue weighted by Gasteiger charge is 2.42. The van der Waals surface area contributed by atoms with Crippen LogP contribution >= 0.6 is 0 Å². The van der Waals surface area contributed by atoms with Crippen molar-refractivity contribution in [2.24, 2.45) is 0 Å². The van der Waals surface area contributed by atoms with Gasteiger partial charge in [-0.25, -0.2) is 8.78 Å². The van der Waals surface area contributed by atoms with Crippen molar-refractivity contribution in [3.05, 3.63) is 107 Å². The molecule has 0 spiro atoms. The molecule has 0 radical (unpaired) electrons. The van der Waals surface area contributed by atoms with Gasteiger partial charge < -0.3 is 4.90 Å². The first-order valence-corrected chi connectivity index (χ1v) is 10.5. The second-order valence-electron chi connectivity index (χ2n) is 7.94. The van der Waals surface area contributed by atoms with Gasteiger partial charge in [0, 0.05) is 12.2 Å². The second-order valence-corrected chi connectivity index (χ2v) is 7.94. The van der Waals surface area contributed by atoms with Crippen molar-refractivity contribution in [2.75, 3.05) is 11.4 Å². The number of benzene rings is 3. The van der Waals surface area contributed by atoms with E-state index in [4.69, 9.17) is 0 Å². The molecule has 0 N–H and O–H groups in total. The van der Waals surface area contributed by atoms with E-state index in [-0.39, 0.29) is 17.9 Å². The zero-order valence-electron chi connectivity index (χ0n) is 17.2. The van der Waals surface area contributed by atoms with E-state index in [1.54, 1.807) is 12.1 Å². The van der Waals surface area contributed by atoms with Crippen molar-refractivity contribution in [3.63, 3.8) is 0 Å². The lowest BCUT2D eigenvalue weighted by Gasteiger charge is -2.32. The highest BCUT2D eigenvalue weighted by atomic mass is 19.1. The van der Waals surface area contributed by atoms with Gasteiger partial charge in [0.25, 0.3) is 11.8 Å². The van der Waals surface area contributed by atoms with E-state index in [0.29, 0.717) is 23.4 Å². The molecule has 3 aromatic rings. The van der Waals surface area contributed by atoms with Crippen molar-refractivity contribution in [2.45, 2.75) is 19.4 Å². The molecule has 2 heterocycles. The summed E-state index contributed by atoms with van der Waals surface area (Å²) < 4.78 is 26.9.